The van der Waals surface area contributed by atoms with E-state index in [2.05, 4.69) is 0 Å². The van der Waals surface area contributed by atoms with Crippen LogP contribution >= 0.6 is 0 Å². The summed E-state index contributed by atoms with van der Waals surface area (Å²) in [5, 5.41) is 9.24. The van der Waals surface area contributed by atoms with Gasteiger partial charge in [0.15, 0.2) is 0 Å². The molecule has 0 saturated carbocycles. The molecular formula is C25H29BF3NO7S. The third kappa shape index (κ3) is 5.23. The molecule has 8 nitrogen and oxygen atoms in total. The van der Waals surface area contributed by atoms with Gasteiger partial charge in [-0.15, -0.1) is 0 Å². The van der Waals surface area contributed by atoms with Crippen molar-refractivity contribution in [1.29, 1.82) is 0 Å². The summed E-state index contributed by atoms with van der Waals surface area (Å²) in [6.45, 7) is 8.78. The van der Waals surface area contributed by atoms with Crippen molar-refractivity contribution in [3.63, 3.8) is 0 Å². The van der Waals surface area contributed by atoms with Crippen LogP contribution in [0.2, 0.25) is 0 Å². The normalized spacial score (nSPS) is 21.5. The predicted molar refractivity (Wildman–Crippen MR) is 134 cm³/mol. The Kier molecular flexibility index (Phi) is 7.03. The third-order valence-corrected chi connectivity index (χ3v) is 9.06. The molecule has 2 aliphatic heterocycles. The second-order valence-corrected chi connectivity index (χ2v) is 12.5. The fraction of sp³-hybridized carbons (Fsp3) is 0.480. The summed E-state index contributed by atoms with van der Waals surface area (Å²) in [6.07, 6.45) is -5.89. The smallest absolute Gasteiger partial charge is 0.486 e. The predicted octanol–water partition coefficient (Wildman–Crippen LogP) is 4.07. The first kappa shape index (κ1) is 28.2. The topological polar surface area (TPSA) is 102 Å². The molecule has 0 unspecified atom stereocenters. The van der Waals surface area contributed by atoms with E-state index < -0.39 is 63.0 Å². The van der Waals surface area contributed by atoms with Crippen molar-refractivity contribution in [1.82, 2.24) is 0 Å². The molecule has 2 aromatic rings. The average molecular weight is 555 g/mol. The molecule has 2 aromatic carbocycles. The van der Waals surface area contributed by atoms with Crippen LogP contribution in [0.1, 0.15) is 46.6 Å². The largest absolute Gasteiger partial charge is 0.494 e. The lowest BCUT2D eigenvalue weighted by molar-refractivity contribution is -0.139. The number of carboxylic acid groups (broad SMARTS) is 1. The molecule has 38 heavy (non-hydrogen) atoms. The van der Waals surface area contributed by atoms with Gasteiger partial charge in [-0.25, -0.2) is 8.42 Å². The Bertz CT molecular complexity index is 1330. The van der Waals surface area contributed by atoms with Gasteiger partial charge in [0.1, 0.15) is 11.9 Å². The van der Waals surface area contributed by atoms with Crippen LogP contribution in [-0.2, 0) is 30.3 Å². The first-order chi connectivity index (χ1) is 17.4. The van der Waals surface area contributed by atoms with Crippen LogP contribution in [0, 0.1) is 5.92 Å². The second-order valence-electron chi connectivity index (χ2n) is 10.6. The highest BCUT2D eigenvalue weighted by molar-refractivity contribution is 7.92. The molecule has 4 rings (SSSR count). The molecule has 0 bridgehead atoms. The van der Waals surface area contributed by atoms with Gasteiger partial charge in [-0.2, -0.15) is 13.2 Å². The van der Waals surface area contributed by atoms with Crippen LogP contribution in [0.5, 0.6) is 5.75 Å². The van der Waals surface area contributed by atoms with Gasteiger partial charge in [-0.1, -0.05) is 19.1 Å². The monoisotopic (exact) mass is 555 g/mol. The number of carboxylic acids is 1. The van der Waals surface area contributed by atoms with Crippen LogP contribution in [0.3, 0.4) is 0 Å². The number of fused-ring (bicyclic) bond motifs is 1. The molecule has 1 fully saturated rings. The first-order valence-corrected chi connectivity index (χ1v) is 13.4. The van der Waals surface area contributed by atoms with E-state index in [0.717, 1.165) is 22.5 Å². The van der Waals surface area contributed by atoms with Gasteiger partial charge in [0.25, 0.3) is 10.0 Å². The molecule has 0 amide bonds. The van der Waals surface area contributed by atoms with E-state index in [1.807, 2.05) is 27.7 Å². The average Bonchev–Trinajstić information content (AvgIpc) is 3.03. The van der Waals surface area contributed by atoms with Gasteiger partial charge in [-0.05, 0) is 63.5 Å². The summed E-state index contributed by atoms with van der Waals surface area (Å²) in [7, 11) is -5.34. The minimum absolute atomic E-state index is 0.0911. The lowest BCUT2D eigenvalue weighted by Gasteiger charge is -2.38. The van der Waals surface area contributed by atoms with Gasteiger partial charge in [-0.3, -0.25) is 9.10 Å². The van der Waals surface area contributed by atoms with Crippen molar-refractivity contribution < 1.29 is 45.5 Å². The summed E-state index contributed by atoms with van der Waals surface area (Å²) in [6, 6.07) is 8.19. The van der Waals surface area contributed by atoms with Crippen LogP contribution in [0.4, 0.5) is 18.9 Å². The summed E-state index contributed by atoms with van der Waals surface area (Å²) in [5.41, 5.74) is -1.84. The Hall–Kier alpha value is -2.77. The number of rotatable bonds is 6. The Morgan fingerprint density at radius 2 is 1.76 bits per heavy atom. The van der Waals surface area contributed by atoms with Crippen molar-refractivity contribution in [3.05, 3.63) is 48.0 Å². The summed E-state index contributed by atoms with van der Waals surface area (Å²) in [5.74, 6) is -1.53. The molecule has 0 spiro atoms. The lowest BCUT2D eigenvalue weighted by atomic mass is 9.78. The van der Waals surface area contributed by atoms with Gasteiger partial charge < -0.3 is 19.2 Å². The number of hydrogen-bond donors (Lipinski definition) is 1. The fourth-order valence-corrected chi connectivity index (χ4v) is 5.83. The second kappa shape index (κ2) is 9.46. The van der Waals surface area contributed by atoms with Crippen LogP contribution in [-0.4, -0.2) is 50.5 Å². The van der Waals surface area contributed by atoms with E-state index in [0.29, 0.717) is 11.5 Å². The number of anilines is 1. The highest BCUT2D eigenvalue weighted by Crippen LogP contribution is 2.41. The van der Waals surface area contributed by atoms with E-state index in [9.17, 15) is 31.5 Å². The molecule has 2 atom stereocenters. The van der Waals surface area contributed by atoms with Crippen LogP contribution in [0.25, 0.3) is 0 Å². The highest BCUT2D eigenvalue weighted by atomic mass is 32.2. The lowest BCUT2D eigenvalue weighted by Crippen LogP contribution is -2.47. The van der Waals surface area contributed by atoms with Crippen LogP contribution < -0.4 is 14.5 Å². The highest BCUT2D eigenvalue weighted by Gasteiger charge is 2.52. The molecule has 0 aromatic heterocycles. The number of hydrogen-bond acceptors (Lipinski definition) is 6. The van der Waals surface area contributed by atoms with E-state index in [-0.39, 0.29) is 24.4 Å². The SMILES string of the molecule is C[C@H](CC(=O)O)[C@H]1CN(S(=O)(=O)c2cccc(C(F)(F)F)c2)c2cc(B3OC(C)(C)C(C)(C)O3)ccc2O1. The molecule has 2 heterocycles. The summed E-state index contributed by atoms with van der Waals surface area (Å²) >= 11 is 0. The molecule has 2 aliphatic rings. The Morgan fingerprint density at radius 3 is 2.34 bits per heavy atom. The van der Waals surface area contributed by atoms with Crippen molar-refractivity contribution in [2.24, 2.45) is 5.92 Å². The molecule has 13 heteroatoms. The van der Waals surface area contributed by atoms with E-state index in [4.69, 9.17) is 14.0 Å². The third-order valence-electron chi connectivity index (χ3n) is 7.28. The zero-order valence-electron chi connectivity index (χ0n) is 21.6. The van der Waals surface area contributed by atoms with Crippen LogP contribution in [0.15, 0.2) is 47.4 Å². The summed E-state index contributed by atoms with van der Waals surface area (Å²) < 4.78 is 86.8. The number of carbonyl (C=O) groups is 1. The molecule has 1 saturated heterocycles. The Labute approximate surface area is 219 Å². The number of halogens is 3. The van der Waals surface area contributed by atoms with Gasteiger partial charge in [0.2, 0.25) is 0 Å². The number of ether oxygens (including phenoxy) is 1. The minimum atomic E-state index is -4.74. The quantitative estimate of drug-likeness (QED) is 0.537. The van der Waals surface area contributed by atoms with Crippen molar-refractivity contribution >= 4 is 34.3 Å². The fourth-order valence-electron chi connectivity index (χ4n) is 4.31. The maximum absolute atomic E-state index is 13.8. The van der Waals surface area contributed by atoms with Crippen molar-refractivity contribution in [2.75, 3.05) is 10.8 Å². The van der Waals surface area contributed by atoms with Gasteiger partial charge in [0.05, 0.1) is 40.3 Å². The number of sulfonamides is 1. The summed E-state index contributed by atoms with van der Waals surface area (Å²) in [4.78, 5) is 10.8. The molecule has 1 N–H and O–H groups in total. The zero-order valence-corrected chi connectivity index (χ0v) is 22.4. The van der Waals surface area contributed by atoms with E-state index in [1.165, 1.54) is 12.1 Å². The van der Waals surface area contributed by atoms with Crippen molar-refractivity contribution in [3.8, 4) is 5.75 Å². The molecule has 0 aliphatic carbocycles. The standard InChI is InChI=1S/C25H29BF3NO7S/c1-15(11-22(31)32)21-14-30(38(33,34)18-8-6-7-16(12-18)25(27,28)29)19-13-17(9-10-20(19)35-21)26-36-23(2,3)24(4,5)37-26/h6-10,12-13,15,21H,11,14H2,1-5H3,(H,31,32)/t15-,21-/m1/s1. The molecule has 0 radical (unpaired) electrons. The molecular weight excluding hydrogens is 526 g/mol. The Balaban J connectivity index is 1.80. The van der Waals surface area contributed by atoms with Gasteiger partial charge >= 0.3 is 19.3 Å². The number of nitrogens with zero attached hydrogens (tertiary/aromatic N) is 1. The Morgan fingerprint density at radius 1 is 1.13 bits per heavy atom. The number of benzene rings is 2. The molecule has 206 valence electrons. The van der Waals surface area contributed by atoms with Gasteiger partial charge in [0, 0.05) is 5.92 Å². The van der Waals surface area contributed by atoms with E-state index in [1.54, 1.807) is 13.0 Å². The maximum atomic E-state index is 13.8. The van der Waals surface area contributed by atoms with Crippen molar-refractivity contribution in [2.45, 2.75) is 69.4 Å². The maximum Gasteiger partial charge on any atom is 0.494 e. The number of alkyl halides is 3. The minimum Gasteiger partial charge on any atom is -0.486 e. The first-order valence-electron chi connectivity index (χ1n) is 12.0. The number of aliphatic carboxylic acids is 1. The van der Waals surface area contributed by atoms with E-state index >= 15 is 0 Å². The zero-order chi connectivity index (χ0) is 28.3.